The normalized spacial score (nSPS) is 11.8. The Morgan fingerprint density at radius 1 is 0.462 bits per heavy atom. The fourth-order valence-electron chi connectivity index (χ4n) is 5.36. The Morgan fingerprint density at radius 3 is 1.13 bits per heavy atom. The number of nitrogens with zero attached hydrogens (tertiary/aromatic N) is 1. The van der Waals surface area contributed by atoms with Crippen LogP contribution in [0.5, 0.6) is 0 Å². The van der Waals surface area contributed by atoms with Gasteiger partial charge in [-0.25, -0.2) is 0 Å². The minimum absolute atomic E-state index is 0.173. The second-order valence-corrected chi connectivity index (χ2v) is 11.4. The van der Waals surface area contributed by atoms with Crippen LogP contribution in [0.1, 0.15) is 148 Å². The summed E-state index contributed by atoms with van der Waals surface area (Å²) in [5.41, 5.74) is 0. The van der Waals surface area contributed by atoms with E-state index in [4.69, 9.17) is 15.3 Å². The third kappa shape index (κ3) is 26.1. The van der Waals surface area contributed by atoms with Crippen LogP contribution in [-0.2, 0) is 14.4 Å². The molecular formula is C32H60NO6+. The number of allylic oxidation sites excluding steroid dienone is 2. The molecule has 0 aliphatic heterocycles. The van der Waals surface area contributed by atoms with Crippen LogP contribution in [0, 0.1) is 0 Å². The zero-order chi connectivity index (χ0) is 29.0. The van der Waals surface area contributed by atoms with Crippen LogP contribution in [0.2, 0.25) is 0 Å². The molecule has 0 aliphatic carbocycles. The molecule has 0 aromatic heterocycles. The lowest BCUT2D eigenvalue weighted by Gasteiger charge is -2.39. The standard InChI is InChI=1S/C32H59NO6/c1-2-3-4-5-6-7-8-9-10-11-12-13-14-15-19-26-33(27-20-16-23-30(34)35,28-21-17-24-31(36)37)29-22-18-25-32(38)39/h8-9H,2-7,10-29H2,1H3,(H2-,34,35,36,37,38,39)/p+1/b9-8+. The largest absolute Gasteiger partial charge is 0.481 e. The fraction of sp³-hybridized carbons (Fsp3) is 0.844. The molecule has 0 aromatic carbocycles. The van der Waals surface area contributed by atoms with Crippen molar-refractivity contribution < 1.29 is 34.2 Å². The van der Waals surface area contributed by atoms with Gasteiger partial charge in [-0.1, -0.05) is 64.0 Å². The van der Waals surface area contributed by atoms with Gasteiger partial charge in [-0.05, 0) is 77.0 Å². The lowest BCUT2D eigenvalue weighted by Crippen LogP contribution is -2.51. The summed E-state index contributed by atoms with van der Waals surface area (Å²) < 4.78 is 0.863. The van der Waals surface area contributed by atoms with Crippen LogP contribution in [0.15, 0.2) is 12.2 Å². The predicted molar refractivity (Wildman–Crippen MR) is 159 cm³/mol. The molecule has 0 aliphatic rings. The van der Waals surface area contributed by atoms with Crippen molar-refractivity contribution in [3.8, 4) is 0 Å². The van der Waals surface area contributed by atoms with Gasteiger partial charge in [-0.3, -0.25) is 14.4 Å². The Kier molecular flexibility index (Phi) is 25.1. The minimum atomic E-state index is -0.770. The first kappa shape index (κ1) is 37.1. The van der Waals surface area contributed by atoms with E-state index in [1.165, 1.54) is 77.0 Å². The maximum absolute atomic E-state index is 11.0. The molecule has 228 valence electrons. The second kappa shape index (κ2) is 26.3. The highest BCUT2D eigenvalue weighted by Gasteiger charge is 2.26. The van der Waals surface area contributed by atoms with Crippen LogP contribution in [-0.4, -0.2) is 63.9 Å². The first-order valence-electron chi connectivity index (χ1n) is 16.0. The van der Waals surface area contributed by atoms with E-state index in [1.807, 2.05) is 0 Å². The van der Waals surface area contributed by atoms with E-state index in [2.05, 4.69) is 19.1 Å². The molecule has 7 nitrogen and oxygen atoms in total. The Morgan fingerprint density at radius 2 is 0.769 bits per heavy atom. The lowest BCUT2D eigenvalue weighted by molar-refractivity contribution is -0.929. The molecular weight excluding hydrogens is 494 g/mol. The SMILES string of the molecule is CCCCCCC/C=C/CCCCCCCC[N+](CCCCC(=O)O)(CCCCC(=O)O)CCCCC(=O)O. The van der Waals surface area contributed by atoms with Gasteiger partial charge in [0.05, 0.1) is 26.2 Å². The zero-order valence-electron chi connectivity index (χ0n) is 25.1. The Labute approximate surface area is 238 Å². The van der Waals surface area contributed by atoms with Crippen LogP contribution in [0.4, 0.5) is 0 Å². The van der Waals surface area contributed by atoms with Crippen LogP contribution < -0.4 is 0 Å². The van der Waals surface area contributed by atoms with Crippen molar-refractivity contribution >= 4 is 17.9 Å². The first-order chi connectivity index (χ1) is 18.8. The quantitative estimate of drug-likeness (QED) is 0.0468. The number of quaternary nitrogens is 1. The molecule has 0 amide bonds. The third-order valence-electron chi connectivity index (χ3n) is 7.71. The minimum Gasteiger partial charge on any atom is -0.481 e. The van der Waals surface area contributed by atoms with Crippen molar-refractivity contribution in [2.45, 2.75) is 148 Å². The second-order valence-electron chi connectivity index (χ2n) is 11.4. The molecule has 0 radical (unpaired) electrons. The molecule has 39 heavy (non-hydrogen) atoms. The first-order valence-corrected chi connectivity index (χ1v) is 16.0. The molecule has 0 unspecified atom stereocenters. The van der Waals surface area contributed by atoms with E-state index in [1.54, 1.807) is 0 Å². The summed E-state index contributed by atoms with van der Waals surface area (Å²) in [4.78, 5) is 32.9. The number of carbonyl (C=O) groups is 3. The van der Waals surface area contributed by atoms with Crippen molar-refractivity contribution in [2.75, 3.05) is 26.2 Å². The van der Waals surface area contributed by atoms with E-state index in [9.17, 15) is 14.4 Å². The predicted octanol–water partition coefficient (Wildman–Crippen LogP) is 8.22. The molecule has 0 bridgehead atoms. The van der Waals surface area contributed by atoms with Gasteiger partial charge in [0.2, 0.25) is 0 Å². The van der Waals surface area contributed by atoms with Crippen molar-refractivity contribution in [2.24, 2.45) is 0 Å². The Balaban J connectivity index is 4.52. The van der Waals surface area contributed by atoms with E-state index >= 15 is 0 Å². The molecule has 0 rings (SSSR count). The molecule has 0 saturated carbocycles. The van der Waals surface area contributed by atoms with Gasteiger partial charge in [-0.2, -0.15) is 0 Å². The molecule has 0 aromatic rings. The molecule has 0 saturated heterocycles. The van der Waals surface area contributed by atoms with Crippen molar-refractivity contribution in [3.63, 3.8) is 0 Å². The number of unbranched alkanes of at least 4 members (excludes halogenated alkanes) is 14. The topological polar surface area (TPSA) is 112 Å². The van der Waals surface area contributed by atoms with Crippen LogP contribution in [0.3, 0.4) is 0 Å². The molecule has 0 fully saturated rings. The van der Waals surface area contributed by atoms with E-state index in [0.29, 0.717) is 19.3 Å². The summed E-state index contributed by atoms with van der Waals surface area (Å²) in [6, 6.07) is 0. The van der Waals surface area contributed by atoms with Gasteiger partial charge in [0.25, 0.3) is 0 Å². The van der Waals surface area contributed by atoms with Gasteiger partial charge >= 0.3 is 17.9 Å². The van der Waals surface area contributed by atoms with Gasteiger partial charge in [0, 0.05) is 19.3 Å². The average Bonchev–Trinajstić information content (AvgIpc) is 2.89. The molecule has 0 heterocycles. The Bertz CT molecular complexity index is 594. The lowest BCUT2D eigenvalue weighted by atomic mass is 10.1. The maximum Gasteiger partial charge on any atom is 0.303 e. The summed E-state index contributed by atoms with van der Waals surface area (Å²) in [6.45, 7) is 5.92. The van der Waals surface area contributed by atoms with Gasteiger partial charge in [0.15, 0.2) is 0 Å². The molecule has 7 heteroatoms. The maximum atomic E-state index is 11.0. The van der Waals surface area contributed by atoms with Crippen molar-refractivity contribution in [1.82, 2.24) is 0 Å². The summed E-state index contributed by atoms with van der Waals surface area (Å²) in [5, 5.41) is 27.1. The summed E-state index contributed by atoms with van der Waals surface area (Å²) >= 11 is 0. The average molecular weight is 555 g/mol. The monoisotopic (exact) mass is 554 g/mol. The summed E-state index contributed by atoms with van der Waals surface area (Å²) in [5.74, 6) is -2.31. The Hall–Kier alpha value is -1.89. The molecule has 3 N–H and O–H groups in total. The van der Waals surface area contributed by atoms with E-state index in [-0.39, 0.29) is 19.3 Å². The number of rotatable bonds is 30. The van der Waals surface area contributed by atoms with Crippen molar-refractivity contribution in [1.29, 1.82) is 0 Å². The van der Waals surface area contributed by atoms with Crippen LogP contribution >= 0.6 is 0 Å². The fourth-order valence-corrected chi connectivity index (χ4v) is 5.36. The smallest absolute Gasteiger partial charge is 0.303 e. The number of hydrogen-bond acceptors (Lipinski definition) is 3. The van der Waals surface area contributed by atoms with Crippen molar-refractivity contribution in [3.05, 3.63) is 12.2 Å². The van der Waals surface area contributed by atoms with Crippen LogP contribution in [0.25, 0.3) is 0 Å². The summed E-state index contributed by atoms with van der Waals surface area (Å²) in [6.07, 6.45) is 26.0. The molecule has 0 atom stereocenters. The number of hydrogen-bond donors (Lipinski definition) is 3. The van der Waals surface area contributed by atoms with E-state index < -0.39 is 17.9 Å². The number of carboxylic acids is 3. The van der Waals surface area contributed by atoms with Gasteiger partial charge < -0.3 is 19.8 Å². The molecule has 0 spiro atoms. The van der Waals surface area contributed by atoms with E-state index in [0.717, 1.165) is 56.3 Å². The highest BCUT2D eigenvalue weighted by atomic mass is 16.4. The van der Waals surface area contributed by atoms with Gasteiger partial charge in [0.1, 0.15) is 0 Å². The third-order valence-corrected chi connectivity index (χ3v) is 7.71. The van der Waals surface area contributed by atoms with Gasteiger partial charge in [-0.15, -0.1) is 0 Å². The highest BCUT2D eigenvalue weighted by Crippen LogP contribution is 2.19. The number of carboxylic acid groups (broad SMARTS) is 3. The highest BCUT2D eigenvalue weighted by molar-refractivity contribution is 5.67. The summed E-state index contributed by atoms with van der Waals surface area (Å²) in [7, 11) is 0. The number of aliphatic carboxylic acids is 3. The zero-order valence-corrected chi connectivity index (χ0v) is 25.1.